The van der Waals surface area contributed by atoms with Gasteiger partial charge in [-0.25, -0.2) is 0 Å². The van der Waals surface area contributed by atoms with Gasteiger partial charge in [0.15, 0.2) is 0 Å². The standard InChI is InChI=1S/C18H27N3O3/c1-3-4-5-12-24-13-11-20-9-6-10-21-18(22)15-7-8-16(19)17(14-15)23-2/h1,7-8,14,20H,4-6,9-13,19H2,2H3,(H,21,22). The Bertz CT molecular complexity index is 541. The summed E-state index contributed by atoms with van der Waals surface area (Å²) in [6.07, 6.45) is 7.66. The number of carbonyl (C=O) groups excluding carboxylic acids is 1. The lowest BCUT2D eigenvalue weighted by molar-refractivity contribution is 0.0952. The molecule has 1 rings (SSSR count). The van der Waals surface area contributed by atoms with Crippen molar-refractivity contribution in [3.8, 4) is 18.1 Å². The van der Waals surface area contributed by atoms with Gasteiger partial charge in [-0.15, -0.1) is 12.3 Å². The van der Waals surface area contributed by atoms with E-state index in [0.717, 1.165) is 32.4 Å². The molecule has 0 heterocycles. The van der Waals surface area contributed by atoms with Crippen LogP contribution in [-0.4, -0.2) is 45.9 Å². The summed E-state index contributed by atoms with van der Waals surface area (Å²) in [4.78, 5) is 12.0. The molecule has 24 heavy (non-hydrogen) atoms. The summed E-state index contributed by atoms with van der Waals surface area (Å²) in [6.45, 7) is 3.58. The van der Waals surface area contributed by atoms with Crippen molar-refractivity contribution in [2.75, 3.05) is 45.7 Å². The summed E-state index contributed by atoms with van der Waals surface area (Å²) >= 11 is 0. The molecule has 0 saturated heterocycles. The number of anilines is 1. The van der Waals surface area contributed by atoms with E-state index in [1.54, 1.807) is 18.2 Å². The first-order chi connectivity index (χ1) is 11.7. The number of benzene rings is 1. The Balaban J connectivity index is 2.07. The van der Waals surface area contributed by atoms with Crippen LogP contribution in [0.4, 0.5) is 5.69 Å². The van der Waals surface area contributed by atoms with Crippen molar-refractivity contribution >= 4 is 11.6 Å². The van der Waals surface area contributed by atoms with E-state index in [1.807, 2.05) is 0 Å². The Morgan fingerprint density at radius 3 is 2.83 bits per heavy atom. The van der Waals surface area contributed by atoms with Gasteiger partial charge in [-0.2, -0.15) is 0 Å². The minimum Gasteiger partial charge on any atom is -0.495 e. The van der Waals surface area contributed by atoms with Crippen molar-refractivity contribution in [2.45, 2.75) is 19.3 Å². The normalized spacial score (nSPS) is 10.2. The number of amides is 1. The van der Waals surface area contributed by atoms with Gasteiger partial charge in [0.1, 0.15) is 5.75 Å². The molecule has 0 fully saturated rings. The van der Waals surface area contributed by atoms with Crippen molar-refractivity contribution in [2.24, 2.45) is 0 Å². The van der Waals surface area contributed by atoms with E-state index in [0.29, 0.717) is 36.8 Å². The van der Waals surface area contributed by atoms with Gasteiger partial charge in [0.05, 0.1) is 19.4 Å². The third kappa shape index (κ3) is 7.86. The van der Waals surface area contributed by atoms with Crippen LogP contribution in [0.5, 0.6) is 5.75 Å². The Kier molecular flexibility index (Phi) is 10.1. The van der Waals surface area contributed by atoms with Crippen LogP contribution in [0.25, 0.3) is 0 Å². The SMILES string of the molecule is C#CCCCOCCNCCCNC(=O)c1ccc(N)c(OC)c1. The predicted molar refractivity (Wildman–Crippen MR) is 96.1 cm³/mol. The molecule has 0 atom stereocenters. The van der Waals surface area contributed by atoms with Gasteiger partial charge in [0.2, 0.25) is 0 Å². The maximum Gasteiger partial charge on any atom is 0.251 e. The average Bonchev–Trinajstić information content (AvgIpc) is 2.59. The molecule has 0 unspecified atom stereocenters. The van der Waals surface area contributed by atoms with Crippen molar-refractivity contribution in [1.29, 1.82) is 0 Å². The quantitative estimate of drug-likeness (QED) is 0.306. The lowest BCUT2D eigenvalue weighted by Crippen LogP contribution is -2.28. The molecular formula is C18H27N3O3. The van der Waals surface area contributed by atoms with E-state index in [1.165, 1.54) is 7.11 Å². The molecule has 0 saturated carbocycles. The second kappa shape index (κ2) is 12.2. The van der Waals surface area contributed by atoms with E-state index < -0.39 is 0 Å². The molecular weight excluding hydrogens is 306 g/mol. The van der Waals surface area contributed by atoms with Gasteiger partial charge in [-0.3, -0.25) is 4.79 Å². The van der Waals surface area contributed by atoms with Crippen molar-refractivity contribution < 1.29 is 14.3 Å². The molecule has 0 aliphatic heterocycles. The molecule has 0 radical (unpaired) electrons. The van der Waals surface area contributed by atoms with E-state index >= 15 is 0 Å². The third-order valence-corrected chi connectivity index (χ3v) is 3.34. The van der Waals surface area contributed by atoms with Crippen LogP contribution in [0.15, 0.2) is 18.2 Å². The molecule has 1 aromatic carbocycles. The zero-order valence-electron chi connectivity index (χ0n) is 14.3. The molecule has 0 spiro atoms. The van der Waals surface area contributed by atoms with Gasteiger partial charge >= 0.3 is 0 Å². The second-order valence-corrected chi connectivity index (χ2v) is 5.24. The van der Waals surface area contributed by atoms with Crippen LogP contribution in [0.3, 0.4) is 0 Å². The topological polar surface area (TPSA) is 85.6 Å². The van der Waals surface area contributed by atoms with E-state index in [-0.39, 0.29) is 5.91 Å². The van der Waals surface area contributed by atoms with Crippen LogP contribution in [0.1, 0.15) is 29.6 Å². The fourth-order valence-electron chi connectivity index (χ4n) is 2.02. The summed E-state index contributed by atoms with van der Waals surface area (Å²) in [5, 5.41) is 6.13. The summed E-state index contributed by atoms with van der Waals surface area (Å²) in [7, 11) is 1.53. The Hall–Kier alpha value is -2.23. The fraction of sp³-hybridized carbons (Fsp3) is 0.500. The smallest absolute Gasteiger partial charge is 0.251 e. The number of terminal acetylenes is 1. The van der Waals surface area contributed by atoms with Gasteiger partial charge in [0.25, 0.3) is 5.91 Å². The minimum atomic E-state index is -0.134. The molecule has 0 aliphatic rings. The first kappa shape index (κ1) is 19.8. The average molecular weight is 333 g/mol. The van der Waals surface area contributed by atoms with Crippen LogP contribution in [0.2, 0.25) is 0 Å². The van der Waals surface area contributed by atoms with Crippen molar-refractivity contribution in [3.05, 3.63) is 23.8 Å². The van der Waals surface area contributed by atoms with E-state index in [4.69, 9.17) is 21.6 Å². The Labute approximate surface area is 144 Å². The highest BCUT2D eigenvalue weighted by molar-refractivity contribution is 5.95. The molecule has 1 aromatic rings. The van der Waals surface area contributed by atoms with Crippen LogP contribution in [-0.2, 0) is 4.74 Å². The monoisotopic (exact) mass is 333 g/mol. The van der Waals surface area contributed by atoms with Gasteiger partial charge in [-0.1, -0.05) is 0 Å². The first-order valence-corrected chi connectivity index (χ1v) is 8.12. The van der Waals surface area contributed by atoms with Crippen molar-refractivity contribution in [1.82, 2.24) is 10.6 Å². The number of nitrogens with two attached hydrogens (primary N) is 1. The molecule has 4 N–H and O–H groups in total. The molecule has 1 amide bonds. The van der Waals surface area contributed by atoms with Gasteiger partial charge in [-0.05, 0) is 37.6 Å². The Morgan fingerprint density at radius 1 is 1.25 bits per heavy atom. The lowest BCUT2D eigenvalue weighted by atomic mass is 10.1. The minimum absolute atomic E-state index is 0.134. The number of methoxy groups -OCH3 is 1. The maximum absolute atomic E-state index is 12.0. The zero-order valence-corrected chi connectivity index (χ0v) is 14.3. The number of nitrogen functional groups attached to an aromatic ring is 1. The summed E-state index contributed by atoms with van der Waals surface area (Å²) in [6, 6.07) is 4.99. The fourth-order valence-corrected chi connectivity index (χ4v) is 2.02. The van der Waals surface area contributed by atoms with Gasteiger partial charge < -0.3 is 25.8 Å². The predicted octanol–water partition coefficient (Wildman–Crippen LogP) is 1.42. The Morgan fingerprint density at radius 2 is 2.08 bits per heavy atom. The van der Waals surface area contributed by atoms with E-state index in [2.05, 4.69) is 16.6 Å². The molecule has 0 aromatic heterocycles. The lowest BCUT2D eigenvalue weighted by Gasteiger charge is -2.09. The van der Waals surface area contributed by atoms with Crippen molar-refractivity contribution in [3.63, 3.8) is 0 Å². The number of hydrogen-bond acceptors (Lipinski definition) is 5. The number of ether oxygens (including phenoxy) is 2. The highest BCUT2D eigenvalue weighted by atomic mass is 16.5. The van der Waals surface area contributed by atoms with Gasteiger partial charge in [0, 0.05) is 31.7 Å². The number of hydrogen-bond donors (Lipinski definition) is 3. The van der Waals surface area contributed by atoms with Crippen LogP contribution < -0.4 is 21.1 Å². The number of carbonyl (C=O) groups is 1. The number of rotatable bonds is 12. The third-order valence-electron chi connectivity index (χ3n) is 3.34. The van der Waals surface area contributed by atoms with E-state index in [9.17, 15) is 4.79 Å². The highest BCUT2D eigenvalue weighted by Gasteiger charge is 2.08. The summed E-state index contributed by atoms with van der Waals surface area (Å²) in [5.74, 6) is 2.95. The maximum atomic E-state index is 12.0. The number of nitrogens with one attached hydrogen (secondary N) is 2. The summed E-state index contributed by atoms with van der Waals surface area (Å²) in [5.41, 5.74) is 6.78. The second-order valence-electron chi connectivity index (χ2n) is 5.24. The zero-order chi connectivity index (χ0) is 17.6. The molecule has 0 bridgehead atoms. The highest BCUT2D eigenvalue weighted by Crippen LogP contribution is 2.21. The summed E-state index contributed by atoms with van der Waals surface area (Å²) < 4.78 is 10.5. The molecule has 132 valence electrons. The molecule has 6 heteroatoms. The largest absolute Gasteiger partial charge is 0.495 e. The molecule has 0 aliphatic carbocycles. The molecule has 6 nitrogen and oxygen atoms in total. The number of unbranched alkanes of at least 4 members (excludes halogenated alkanes) is 1. The van der Waals surface area contributed by atoms with Crippen LogP contribution >= 0.6 is 0 Å². The first-order valence-electron chi connectivity index (χ1n) is 8.12. The van der Waals surface area contributed by atoms with Crippen LogP contribution in [0, 0.1) is 12.3 Å².